The number of benzene rings is 1. The number of piperidine rings is 1. The van der Waals surface area contributed by atoms with Crippen molar-refractivity contribution in [2.45, 2.75) is 26.7 Å². The molecule has 1 saturated heterocycles. The minimum atomic E-state index is -0.690. The highest BCUT2D eigenvalue weighted by Crippen LogP contribution is 2.18. The molecule has 1 aromatic heterocycles. The highest BCUT2D eigenvalue weighted by Gasteiger charge is 2.28. The van der Waals surface area contributed by atoms with Gasteiger partial charge in [0.05, 0.1) is 19.1 Å². The van der Waals surface area contributed by atoms with Crippen molar-refractivity contribution in [3.05, 3.63) is 64.7 Å². The number of ether oxygens (including phenoxy) is 1. The van der Waals surface area contributed by atoms with Crippen LogP contribution < -0.4 is 16.0 Å². The van der Waals surface area contributed by atoms with Crippen LogP contribution in [0.3, 0.4) is 0 Å². The number of amides is 3. The molecule has 0 atom stereocenters. The van der Waals surface area contributed by atoms with Crippen molar-refractivity contribution in [2.24, 2.45) is 5.92 Å². The maximum Gasteiger partial charge on any atom is 0.309 e. The number of carbonyl (C=O) groups excluding carboxylic acids is 4. The number of aromatic nitrogens is 2. The molecular weight excluding hydrogens is 500 g/mol. The van der Waals surface area contributed by atoms with Crippen LogP contribution in [0.25, 0.3) is 0 Å². The maximum absolute atomic E-state index is 12.9. The second-order valence-electron chi connectivity index (χ2n) is 8.27. The summed E-state index contributed by atoms with van der Waals surface area (Å²) in [4.78, 5) is 60.0. The summed E-state index contributed by atoms with van der Waals surface area (Å²) >= 11 is 5.96. The number of rotatable bonds is 9. The molecule has 2 aromatic rings. The van der Waals surface area contributed by atoms with Crippen LogP contribution >= 0.6 is 11.6 Å². The van der Waals surface area contributed by atoms with Gasteiger partial charge in [0, 0.05) is 30.5 Å². The normalized spacial score (nSPS) is 14.0. The molecule has 2 heterocycles. The van der Waals surface area contributed by atoms with Gasteiger partial charge in [0.15, 0.2) is 0 Å². The second kappa shape index (κ2) is 13.4. The van der Waals surface area contributed by atoms with Gasteiger partial charge in [-0.25, -0.2) is 9.97 Å². The van der Waals surface area contributed by atoms with Crippen LogP contribution in [0.1, 0.15) is 35.8 Å². The monoisotopic (exact) mass is 528 g/mol. The van der Waals surface area contributed by atoms with Crippen LogP contribution in [0.15, 0.2) is 48.3 Å². The van der Waals surface area contributed by atoms with Crippen molar-refractivity contribution in [3.8, 4) is 0 Å². The van der Waals surface area contributed by atoms with E-state index in [1.807, 2.05) is 0 Å². The first kappa shape index (κ1) is 27.6. The Kier molecular flexibility index (Phi) is 9.96. The number of carbonyl (C=O) groups is 4. The minimum absolute atomic E-state index is 0.129. The quantitative estimate of drug-likeness (QED) is 0.255. The first-order valence-corrected chi connectivity index (χ1v) is 12.2. The van der Waals surface area contributed by atoms with E-state index in [-0.39, 0.29) is 41.1 Å². The zero-order valence-electron chi connectivity index (χ0n) is 20.6. The van der Waals surface area contributed by atoms with Crippen LogP contribution in [-0.4, -0.2) is 64.8 Å². The number of esters is 1. The van der Waals surface area contributed by atoms with E-state index in [0.717, 1.165) is 0 Å². The molecule has 0 bridgehead atoms. The first-order chi connectivity index (χ1) is 17.8. The summed E-state index contributed by atoms with van der Waals surface area (Å²) in [5, 5.41) is 8.05. The van der Waals surface area contributed by atoms with Crippen molar-refractivity contribution in [1.82, 2.24) is 25.5 Å². The first-order valence-electron chi connectivity index (χ1n) is 11.8. The van der Waals surface area contributed by atoms with Gasteiger partial charge in [0.25, 0.3) is 11.8 Å². The minimum Gasteiger partial charge on any atom is -0.466 e. The molecule has 1 aliphatic rings. The van der Waals surface area contributed by atoms with E-state index in [2.05, 4.69) is 25.9 Å². The van der Waals surface area contributed by atoms with Crippen molar-refractivity contribution in [3.63, 3.8) is 0 Å². The number of hydrogen-bond donors (Lipinski definition) is 3. The summed E-state index contributed by atoms with van der Waals surface area (Å²) in [5.41, 5.74) is 0.799. The third kappa shape index (κ3) is 8.28. The molecule has 1 aromatic carbocycles. The fraction of sp³-hybridized carbons (Fsp3) is 0.360. The zero-order chi connectivity index (χ0) is 26.8. The average molecular weight is 529 g/mol. The number of anilines is 1. The molecule has 0 aliphatic carbocycles. The number of likely N-dealkylation sites (tertiary alicyclic amines) is 1. The SMILES string of the molecule is CCOC(=O)C1CCN(C(=O)CNC(=O)/C(=C/Nc2nc(C)cc(Cl)n2)NC(=O)c2ccccc2)CC1. The Labute approximate surface area is 219 Å². The number of nitrogens with zero attached hydrogens (tertiary/aromatic N) is 3. The average Bonchev–Trinajstić information content (AvgIpc) is 2.89. The zero-order valence-corrected chi connectivity index (χ0v) is 21.4. The van der Waals surface area contributed by atoms with E-state index in [1.165, 1.54) is 6.20 Å². The Morgan fingerprint density at radius 1 is 1.14 bits per heavy atom. The maximum atomic E-state index is 12.9. The molecule has 12 heteroatoms. The molecule has 3 amide bonds. The number of nitrogens with one attached hydrogen (secondary N) is 3. The summed E-state index contributed by atoms with van der Waals surface area (Å²) in [7, 11) is 0. The third-order valence-corrected chi connectivity index (χ3v) is 5.76. The molecule has 1 fully saturated rings. The van der Waals surface area contributed by atoms with Gasteiger partial charge in [-0.05, 0) is 44.9 Å². The van der Waals surface area contributed by atoms with E-state index in [0.29, 0.717) is 43.8 Å². The highest BCUT2D eigenvalue weighted by molar-refractivity contribution is 6.29. The van der Waals surface area contributed by atoms with Gasteiger partial charge >= 0.3 is 5.97 Å². The molecule has 3 N–H and O–H groups in total. The van der Waals surface area contributed by atoms with Crippen molar-refractivity contribution >= 4 is 41.2 Å². The lowest BCUT2D eigenvalue weighted by atomic mass is 9.97. The molecule has 11 nitrogen and oxygen atoms in total. The van der Waals surface area contributed by atoms with E-state index >= 15 is 0 Å². The Morgan fingerprint density at radius 3 is 2.49 bits per heavy atom. The smallest absolute Gasteiger partial charge is 0.309 e. The molecular formula is C25H29ClN6O5. The van der Waals surface area contributed by atoms with Gasteiger partial charge < -0.3 is 25.6 Å². The summed E-state index contributed by atoms with van der Waals surface area (Å²) in [5.74, 6) is -1.86. The number of hydrogen-bond acceptors (Lipinski definition) is 8. The molecule has 0 saturated carbocycles. The van der Waals surface area contributed by atoms with E-state index in [1.54, 1.807) is 55.1 Å². The van der Waals surface area contributed by atoms with E-state index in [9.17, 15) is 19.2 Å². The van der Waals surface area contributed by atoms with E-state index < -0.39 is 11.8 Å². The van der Waals surface area contributed by atoms with Gasteiger partial charge in [-0.1, -0.05) is 29.8 Å². The van der Waals surface area contributed by atoms with Crippen LogP contribution in [0.4, 0.5) is 5.95 Å². The van der Waals surface area contributed by atoms with Gasteiger partial charge in [-0.15, -0.1) is 0 Å². The van der Waals surface area contributed by atoms with Crippen LogP contribution in [-0.2, 0) is 19.1 Å². The van der Waals surface area contributed by atoms with Gasteiger partial charge in [0.1, 0.15) is 10.9 Å². The van der Waals surface area contributed by atoms with Gasteiger partial charge in [-0.2, -0.15) is 0 Å². The van der Waals surface area contributed by atoms with Crippen molar-refractivity contribution in [2.75, 3.05) is 31.6 Å². The lowest BCUT2D eigenvalue weighted by molar-refractivity contribution is -0.151. The summed E-state index contributed by atoms with van der Waals surface area (Å²) in [6, 6.07) is 9.94. The molecule has 3 rings (SSSR count). The molecule has 0 spiro atoms. The standard InChI is InChI=1S/C25H29ClN6O5/c1-3-37-24(36)18-9-11-32(12-10-18)21(33)15-27-23(35)19(30-22(34)17-7-5-4-6-8-17)14-28-25-29-16(2)13-20(26)31-25/h4-8,13-14,18H,3,9-12,15H2,1-2H3,(H,27,35)(H,30,34)(H,28,29,31)/b19-14-. The van der Waals surface area contributed by atoms with E-state index in [4.69, 9.17) is 16.3 Å². The fourth-order valence-electron chi connectivity index (χ4n) is 3.66. The van der Waals surface area contributed by atoms with Crippen molar-refractivity contribution < 1.29 is 23.9 Å². The van der Waals surface area contributed by atoms with Crippen LogP contribution in [0.2, 0.25) is 5.15 Å². The van der Waals surface area contributed by atoms with Gasteiger partial charge in [0.2, 0.25) is 11.9 Å². The second-order valence-corrected chi connectivity index (χ2v) is 8.66. The van der Waals surface area contributed by atoms with Crippen LogP contribution in [0, 0.1) is 12.8 Å². The highest BCUT2D eigenvalue weighted by atomic mass is 35.5. The lowest BCUT2D eigenvalue weighted by Gasteiger charge is -2.31. The van der Waals surface area contributed by atoms with Crippen LogP contribution in [0.5, 0.6) is 0 Å². The Morgan fingerprint density at radius 2 is 1.84 bits per heavy atom. The Hall–Kier alpha value is -3.99. The molecule has 37 heavy (non-hydrogen) atoms. The molecule has 0 radical (unpaired) electrons. The number of halogens is 1. The largest absolute Gasteiger partial charge is 0.466 e. The third-order valence-electron chi connectivity index (χ3n) is 5.57. The molecule has 0 unspecified atom stereocenters. The predicted molar refractivity (Wildman–Crippen MR) is 136 cm³/mol. The molecule has 1 aliphatic heterocycles. The summed E-state index contributed by atoms with van der Waals surface area (Å²) in [6.07, 6.45) is 2.23. The summed E-state index contributed by atoms with van der Waals surface area (Å²) < 4.78 is 5.05. The fourth-order valence-corrected chi connectivity index (χ4v) is 3.90. The van der Waals surface area contributed by atoms with Gasteiger partial charge in [-0.3, -0.25) is 19.2 Å². The molecule has 196 valence electrons. The topological polar surface area (TPSA) is 143 Å². The predicted octanol–water partition coefficient (Wildman–Crippen LogP) is 2.04. The summed E-state index contributed by atoms with van der Waals surface area (Å²) in [6.45, 7) is 4.29. The lowest BCUT2D eigenvalue weighted by Crippen LogP contribution is -2.46. The van der Waals surface area contributed by atoms with Crippen molar-refractivity contribution in [1.29, 1.82) is 0 Å². The number of aryl methyl sites for hydroxylation is 1. The Balaban J connectivity index is 1.64. The Bertz CT molecular complexity index is 1150.